The number of aromatic nitrogens is 3. The van der Waals surface area contributed by atoms with Gasteiger partial charge in [0.15, 0.2) is 5.78 Å². The van der Waals surface area contributed by atoms with Crippen molar-refractivity contribution >= 4 is 17.8 Å². The zero-order valence-electron chi connectivity index (χ0n) is 16.7. The van der Waals surface area contributed by atoms with E-state index in [1.165, 1.54) is 6.33 Å². The number of nitrogens with zero attached hydrogens (tertiary/aromatic N) is 3. The minimum atomic E-state index is -0.261. The van der Waals surface area contributed by atoms with Gasteiger partial charge in [-0.2, -0.15) is 10.1 Å². The van der Waals surface area contributed by atoms with Crippen molar-refractivity contribution in [1.29, 1.82) is 0 Å². The summed E-state index contributed by atoms with van der Waals surface area (Å²) in [6.07, 6.45) is 6.84. The monoisotopic (exact) mass is 398 g/mol. The zero-order chi connectivity index (χ0) is 20.5. The number of ketones is 1. The lowest BCUT2D eigenvalue weighted by molar-refractivity contribution is -0.116. The van der Waals surface area contributed by atoms with Crippen LogP contribution in [0.2, 0.25) is 0 Å². The van der Waals surface area contributed by atoms with E-state index in [9.17, 15) is 4.79 Å². The summed E-state index contributed by atoms with van der Waals surface area (Å²) in [5.41, 5.74) is 3.94. The highest BCUT2D eigenvalue weighted by Gasteiger charge is 2.37. The van der Waals surface area contributed by atoms with Crippen LogP contribution in [0.25, 0.3) is 6.08 Å². The van der Waals surface area contributed by atoms with E-state index < -0.39 is 0 Å². The molecule has 150 valence electrons. The number of anilines is 1. The first-order chi connectivity index (χ1) is 14.7. The van der Waals surface area contributed by atoms with E-state index in [0.717, 1.165) is 34.6 Å². The minimum Gasteiger partial charge on any atom is -0.497 e. The number of allylic oxidation sites excluding steroid dienone is 3. The van der Waals surface area contributed by atoms with Gasteiger partial charge < -0.3 is 10.1 Å². The van der Waals surface area contributed by atoms with Crippen molar-refractivity contribution in [3.05, 3.63) is 89.4 Å². The van der Waals surface area contributed by atoms with Crippen molar-refractivity contribution in [3.63, 3.8) is 0 Å². The number of carbonyl (C=O) groups is 1. The molecule has 0 fully saturated rings. The molecule has 2 heterocycles. The molecule has 2 aromatic carbocycles. The summed E-state index contributed by atoms with van der Waals surface area (Å²) in [5, 5.41) is 7.71. The van der Waals surface area contributed by atoms with E-state index in [2.05, 4.69) is 15.4 Å². The van der Waals surface area contributed by atoms with Crippen molar-refractivity contribution < 1.29 is 9.53 Å². The SMILES string of the molecule is COc1ccc([C@H]2CC(=O)C3=C(C2)Nc2ncnn2[C@@H]3/C=C/c2ccccc2)cc1. The Kier molecular flexibility index (Phi) is 4.67. The molecule has 1 aromatic heterocycles. The van der Waals surface area contributed by atoms with E-state index in [0.29, 0.717) is 12.4 Å². The lowest BCUT2D eigenvalue weighted by atomic mass is 9.79. The Labute approximate surface area is 174 Å². The van der Waals surface area contributed by atoms with Crippen molar-refractivity contribution in [2.75, 3.05) is 12.4 Å². The van der Waals surface area contributed by atoms with E-state index in [4.69, 9.17) is 4.74 Å². The summed E-state index contributed by atoms with van der Waals surface area (Å²) in [4.78, 5) is 17.6. The van der Waals surface area contributed by atoms with Gasteiger partial charge in [-0.1, -0.05) is 54.6 Å². The molecule has 0 saturated carbocycles. The zero-order valence-corrected chi connectivity index (χ0v) is 16.7. The van der Waals surface area contributed by atoms with Crippen LogP contribution in [0.5, 0.6) is 5.75 Å². The summed E-state index contributed by atoms with van der Waals surface area (Å²) < 4.78 is 7.04. The standard InChI is InChI=1S/C24H22N4O2/c1-30-19-10-8-17(9-11-19)18-13-20-23(22(29)14-18)21(28-24(27-20)25-15-26-28)12-7-16-5-3-2-4-6-16/h2-12,15,18,21H,13-14H2,1H3,(H,25,26,27)/b12-7+/t18-,21-/m1/s1. The van der Waals surface area contributed by atoms with Gasteiger partial charge in [-0.3, -0.25) is 4.79 Å². The number of benzene rings is 2. The van der Waals surface area contributed by atoms with Gasteiger partial charge in [0.2, 0.25) is 5.95 Å². The molecule has 2 aliphatic rings. The number of methoxy groups -OCH3 is 1. The quantitative estimate of drug-likeness (QED) is 0.707. The van der Waals surface area contributed by atoms with E-state index >= 15 is 0 Å². The Hall–Kier alpha value is -3.67. The summed E-state index contributed by atoms with van der Waals surface area (Å²) >= 11 is 0. The van der Waals surface area contributed by atoms with Crippen LogP contribution in [0.15, 0.2) is 78.3 Å². The number of carbonyl (C=O) groups excluding carboxylic acids is 1. The van der Waals surface area contributed by atoms with Crippen molar-refractivity contribution in [2.45, 2.75) is 24.8 Å². The molecule has 0 bridgehead atoms. The molecule has 2 atom stereocenters. The second kappa shape index (κ2) is 7.63. The third kappa shape index (κ3) is 3.30. The fraction of sp³-hybridized carbons (Fsp3) is 0.208. The van der Waals surface area contributed by atoms with Gasteiger partial charge in [-0.15, -0.1) is 0 Å². The van der Waals surface area contributed by atoms with Gasteiger partial charge in [0.25, 0.3) is 0 Å². The Morgan fingerprint density at radius 2 is 1.90 bits per heavy atom. The normalized spacial score (nSPS) is 20.6. The number of hydrogen-bond donors (Lipinski definition) is 1. The Morgan fingerprint density at radius 3 is 2.67 bits per heavy atom. The maximum absolute atomic E-state index is 13.3. The first kappa shape index (κ1) is 18.4. The molecular weight excluding hydrogens is 376 g/mol. The van der Waals surface area contributed by atoms with Crippen LogP contribution in [0.3, 0.4) is 0 Å². The van der Waals surface area contributed by atoms with E-state index in [1.54, 1.807) is 11.8 Å². The molecule has 1 N–H and O–H groups in total. The number of Topliss-reactive ketones (excluding diaryl/α,β-unsaturated/α-hetero) is 1. The average molecular weight is 398 g/mol. The predicted octanol–water partition coefficient (Wildman–Crippen LogP) is 4.37. The molecule has 3 aromatic rings. The van der Waals surface area contributed by atoms with E-state index in [-0.39, 0.29) is 17.7 Å². The van der Waals surface area contributed by atoms with Gasteiger partial charge >= 0.3 is 0 Å². The number of fused-ring (bicyclic) bond motifs is 1. The van der Waals surface area contributed by atoms with Crippen LogP contribution >= 0.6 is 0 Å². The Bertz CT molecular complexity index is 1130. The van der Waals surface area contributed by atoms with Crippen LogP contribution in [0, 0.1) is 0 Å². The lowest BCUT2D eigenvalue weighted by Crippen LogP contribution is -2.32. The summed E-state index contributed by atoms with van der Waals surface area (Å²) in [7, 11) is 1.65. The first-order valence-corrected chi connectivity index (χ1v) is 10.0. The van der Waals surface area contributed by atoms with Gasteiger partial charge in [0, 0.05) is 17.7 Å². The van der Waals surface area contributed by atoms with Crippen LogP contribution in [0.4, 0.5) is 5.95 Å². The van der Waals surface area contributed by atoms with E-state index in [1.807, 2.05) is 66.7 Å². The molecule has 0 saturated heterocycles. The Balaban J connectivity index is 1.49. The van der Waals surface area contributed by atoms with Gasteiger partial charge in [-0.25, -0.2) is 4.68 Å². The maximum atomic E-state index is 13.3. The van der Waals surface area contributed by atoms with Crippen molar-refractivity contribution in [1.82, 2.24) is 14.8 Å². The largest absolute Gasteiger partial charge is 0.497 e. The van der Waals surface area contributed by atoms with Crippen LogP contribution in [-0.2, 0) is 4.79 Å². The highest BCUT2D eigenvalue weighted by molar-refractivity contribution is 6.00. The van der Waals surface area contributed by atoms with Gasteiger partial charge in [0.05, 0.1) is 7.11 Å². The Morgan fingerprint density at radius 1 is 1.10 bits per heavy atom. The molecular formula is C24H22N4O2. The summed E-state index contributed by atoms with van der Waals surface area (Å²) in [6.45, 7) is 0. The third-order valence-electron chi connectivity index (χ3n) is 5.76. The van der Waals surface area contributed by atoms with Gasteiger partial charge in [-0.05, 0) is 35.6 Å². The second-order valence-electron chi connectivity index (χ2n) is 7.56. The highest BCUT2D eigenvalue weighted by atomic mass is 16.5. The number of hydrogen-bond acceptors (Lipinski definition) is 5. The number of nitrogens with one attached hydrogen (secondary N) is 1. The molecule has 1 aliphatic heterocycles. The lowest BCUT2D eigenvalue weighted by Gasteiger charge is -2.34. The molecule has 6 nitrogen and oxygen atoms in total. The number of ether oxygens (including phenoxy) is 1. The fourth-order valence-electron chi connectivity index (χ4n) is 4.25. The van der Waals surface area contributed by atoms with Crippen LogP contribution in [0.1, 0.15) is 35.9 Å². The molecule has 30 heavy (non-hydrogen) atoms. The molecule has 6 heteroatoms. The average Bonchev–Trinajstić information content (AvgIpc) is 3.26. The van der Waals surface area contributed by atoms with Crippen LogP contribution in [-0.4, -0.2) is 27.7 Å². The summed E-state index contributed by atoms with van der Waals surface area (Å²) in [5.74, 6) is 1.76. The fourth-order valence-corrected chi connectivity index (χ4v) is 4.25. The predicted molar refractivity (Wildman–Crippen MR) is 115 cm³/mol. The molecule has 5 rings (SSSR count). The minimum absolute atomic E-state index is 0.128. The van der Waals surface area contributed by atoms with Gasteiger partial charge in [0.1, 0.15) is 18.1 Å². The molecule has 0 spiro atoms. The smallest absolute Gasteiger partial charge is 0.226 e. The first-order valence-electron chi connectivity index (χ1n) is 10.0. The highest BCUT2D eigenvalue weighted by Crippen LogP contribution is 2.42. The molecule has 0 amide bonds. The third-order valence-corrected chi connectivity index (χ3v) is 5.76. The molecule has 0 unspecified atom stereocenters. The van der Waals surface area contributed by atoms with Crippen molar-refractivity contribution in [3.8, 4) is 5.75 Å². The topological polar surface area (TPSA) is 69.0 Å². The number of rotatable bonds is 4. The molecule has 1 aliphatic carbocycles. The van der Waals surface area contributed by atoms with Crippen molar-refractivity contribution in [2.24, 2.45) is 0 Å². The second-order valence-corrected chi connectivity index (χ2v) is 7.56. The van der Waals surface area contributed by atoms with Crippen LogP contribution < -0.4 is 10.1 Å². The molecule has 0 radical (unpaired) electrons. The maximum Gasteiger partial charge on any atom is 0.226 e. The summed E-state index contributed by atoms with van der Waals surface area (Å²) in [6, 6.07) is 17.8.